The number of carbonyl (C=O) groups is 2. The average molecular weight is 434 g/mol. The lowest BCUT2D eigenvalue weighted by molar-refractivity contribution is -0.118. The lowest BCUT2D eigenvalue weighted by Gasteiger charge is -2.10. The van der Waals surface area contributed by atoms with Crippen LogP contribution in [0.3, 0.4) is 0 Å². The molecule has 1 N–H and O–H groups in total. The van der Waals surface area contributed by atoms with Crippen molar-refractivity contribution >= 4 is 17.4 Å². The number of benzene rings is 3. The molecule has 0 bridgehead atoms. The first-order chi connectivity index (χ1) is 15.5. The van der Waals surface area contributed by atoms with Crippen LogP contribution in [0.2, 0.25) is 0 Å². The molecule has 6 nitrogen and oxygen atoms in total. The summed E-state index contributed by atoms with van der Waals surface area (Å²) in [6, 6.07) is 21.9. The van der Waals surface area contributed by atoms with E-state index in [-0.39, 0.29) is 18.3 Å². The first-order valence-electron chi connectivity index (χ1n) is 10.5. The van der Waals surface area contributed by atoms with Gasteiger partial charge in [-0.25, -0.2) is 0 Å². The second-order valence-corrected chi connectivity index (χ2v) is 7.21. The van der Waals surface area contributed by atoms with Crippen molar-refractivity contribution in [3.05, 3.63) is 78.4 Å². The number of ether oxygens (including phenoxy) is 3. The molecule has 0 unspecified atom stereocenters. The zero-order valence-corrected chi connectivity index (χ0v) is 18.3. The summed E-state index contributed by atoms with van der Waals surface area (Å²) in [7, 11) is 0. The Labute approximate surface area is 188 Å². The highest BCUT2D eigenvalue weighted by Crippen LogP contribution is 2.25. The molecule has 0 saturated heterocycles. The van der Waals surface area contributed by atoms with Gasteiger partial charge < -0.3 is 24.3 Å². The van der Waals surface area contributed by atoms with Gasteiger partial charge in [-0.15, -0.1) is 0 Å². The van der Waals surface area contributed by atoms with Crippen LogP contribution in [0, 0.1) is 0 Å². The highest BCUT2D eigenvalue weighted by atomic mass is 16.5. The third kappa shape index (κ3) is 7.47. The van der Waals surface area contributed by atoms with Gasteiger partial charge in [0, 0.05) is 12.1 Å². The van der Waals surface area contributed by atoms with E-state index in [0.29, 0.717) is 42.4 Å². The number of nitrogens with one attached hydrogen (secondary N) is 1. The predicted molar refractivity (Wildman–Crippen MR) is 124 cm³/mol. The Morgan fingerprint density at radius 2 is 1.28 bits per heavy atom. The standard InChI is InChI=1S/C26H27NO5/c1-3-30-22-14-16-25(17-15-22)32-24-12-8-21(9-13-24)27-26(29)18-31-23-10-6-20(7-11-23)5-4-19(2)28/h6-17H,3-5,18H2,1-2H3,(H,27,29). The molecule has 0 atom stereocenters. The maximum atomic E-state index is 12.2. The first kappa shape index (κ1) is 22.9. The van der Waals surface area contributed by atoms with Crippen LogP contribution in [0.25, 0.3) is 0 Å². The van der Waals surface area contributed by atoms with Crippen LogP contribution in [-0.4, -0.2) is 24.9 Å². The van der Waals surface area contributed by atoms with Gasteiger partial charge in [-0.2, -0.15) is 0 Å². The summed E-state index contributed by atoms with van der Waals surface area (Å²) in [6.45, 7) is 4.04. The van der Waals surface area contributed by atoms with Crippen LogP contribution in [0.4, 0.5) is 5.69 Å². The van der Waals surface area contributed by atoms with Crippen LogP contribution in [-0.2, 0) is 16.0 Å². The van der Waals surface area contributed by atoms with E-state index in [0.717, 1.165) is 11.3 Å². The SMILES string of the molecule is CCOc1ccc(Oc2ccc(NC(=O)COc3ccc(CCC(C)=O)cc3)cc2)cc1. The number of anilines is 1. The number of aryl methyl sites for hydroxylation is 1. The number of hydrogen-bond donors (Lipinski definition) is 1. The fraction of sp³-hybridized carbons (Fsp3) is 0.231. The zero-order chi connectivity index (χ0) is 22.8. The summed E-state index contributed by atoms with van der Waals surface area (Å²) in [5.74, 6) is 2.66. The summed E-state index contributed by atoms with van der Waals surface area (Å²) < 4.78 is 16.8. The van der Waals surface area contributed by atoms with E-state index in [1.807, 2.05) is 43.3 Å². The summed E-state index contributed by atoms with van der Waals surface area (Å²) in [6.07, 6.45) is 1.22. The molecular formula is C26H27NO5. The molecule has 0 aliphatic carbocycles. The number of ketones is 1. The highest BCUT2D eigenvalue weighted by molar-refractivity contribution is 5.91. The Kier molecular flexibility index (Phi) is 8.26. The van der Waals surface area contributed by atoms with Crippen molar-refractivity contribution in [2.45, 2.75) is 26.7 Å². The molecule has 1 amide bonds. The molecule has 0 saturated carbocycles. The molecule has 3 rings (SSSR count). The van der Waals surface area contributed by atoms with E-state index in [2.05, 4.69) is 5.32 Å². The van der Waals surface area contributed by atoms with Crippen LogP contribution >= 0.6 is 0 Å². The van der Waals surface area contributed by atoms with Crippen molar-refractivity contribution < 1.29 is 23.8 Å². The van der Waals surface area contributed by atoms with Gasteiger partial charge >= 0.3 is 0 Å². The lowest BCUT2D eigenvalue weighted by atomic mass is 10.1. The molecule has 3 aromatic rings. The van der Waals surface area contributed by atoms with Crippen molar-refractivity contribution in [2.24, 2.45) is 0 Å². The lowest BCUT2D eigenvalue weighted by Crippen LogP contribution is -2.20. The number of Topliss-reactive ketones (excluding diaryl/α,β-unsaturated/α-hetero) is 1. The molecule has 0 fully saturated rings. The Hall–Kier alpha value is -3.80. The van der Waals surface area contributed by atoms with E-state index in [9.17, 15) is 9.59 Å². The van der Waals surface area contributed by atoms with Crippen LogP contribution < -0.4 is 19.5 Å². The van der Waals surface area contributed by atoms with E-state index < -0.39 is 0 Å². The van der Waals surface area contributed by atoms with Crippen molar-refractivity contribution in [2.75, 3.05) is 18.5 Å². The fourth-order valence-electron chi connectivity index (χ4n) is 2.93. The zero-order valence-electron chi connectivity index (χ0n) is 18.3. The molecule has 0 heterocycles. The van der Waals surface area contributed by atoms with E-state index >= 15 is 0 Å². The quantitative estimate of drug-likeness (QED) is 0.437. The van der Waals surface area contributed by atoms with E-state index in [1.54, 1.807) is 43.3 Å². The second-order valence-electron chi connectivity index (χ2n) is 7.21. The molecule has 6 heteroatoms. The summed E-state index contributed by atoms with van der Waals surface area (Å²) in [5.41, 5.74) is 1.71. The Morgan fingerprint density at radius 1 is 0.750 bits per heavy atom. The van der Waals surface area contributed by atoms with Crippen molar-refractivity contribution in [3.63, 3.8) is 0 Å². The van der Waals surface area contributed by atoms with Crippen LogP contribution in [0.1, 0.15) is 25.8 Å². The Morgan fingerprint density at radius 3 is 1.88 bits per heavy atom. The van der Waals surface area contributed by atoms with Crippen molar-refractivity contribution in [1.82, 2.24) is 0 Å². The average Bonchev–Trinajstić information content (AvgIpc) is 2.80. The molecule has 0 spiro atoms. The van der Waals surface area contributed by atoms with Gasteiger partial charge in [-0.05, 0) is 86.5 Å². The molecule has 0 aromatic heterocycles. The molecular weight excluding hydrogens is 406 g/mol. The second kappa shape index (κ2) is 11.6. The minimum absolute atomic E-state index is 0.1000. The van der Waals surface area contributed by atoms with Crippen molar-refractivity contribution in [3.8, 4) is 23.0 Å². The normalized spacial score (nSPS) is 10.3. The van der Waals surface area contributed by atoms with Gasteiger partial charge in [0.15, 0.2) is 6.61 Å². The fourth-order valence-corrected chi connectivity index (χ4v) is 2.93. The summed E-state index contributed by atoms with van der Waals surface area (Å²) >= 11 is 0. The predicted octanol–water partition coefficient (Wildman–Crippen LogP) is 5.42. The summed E-state index contributed by atoms with van der Waals surface area (Å²) in [4.78, 5) is 23.2. The van der Waals surface area contributed by atoms with Gasteiger partial charge in [0.1, 0.15) is 28.8 Å². The number of rotatable bonds is 11. The van der Waals surface area contributed by atoms with Gasteiger partial charge in [-0.3, -0.25) is 4.79 Å². The van der Waals surface area contributed by atoms with Gasteiger partial charge in [-0.1, -0.05) is 12.1 Å². The number of hydrogen-bond acceptors (Lipinski definition) is 5. The highest BCUT2D eigenvalue weighted by Gasteiger charge is 2.06. The minimum atomic E-state index is -0.258. The molecule has 166 valence electrons. The molecule has 3 aromatic carbocycles. The van der Waals surface area contributed by atoms with Crippen LogP contribution in [0.5, 0.6) is 23.0 Å². The van der Waals surface area contributed by atoms with E-state index in [4.69, 9.17) is 14.2 Å². The molecule has 0 aliphatic rings. The smallest absolute Gasteiger partial charge is 0.262 e. The maximum Gasteiger partial charge on any atom is 0.262 e. The maximum absolute atomic E-state index is 12.2. The molecule has 32 heavy (non-hydrogen) atoms. The van der Waals surface area contributed by atoms with Gasteiger partial charge in [0.2, 0.25) is 0 Å². The Balaban J connectivity index is 1.44. The van der Waals surface area contributed by atoms with E-state index in [1.165, 1.54) is 0 Å². The van der Waals surface area contributed by atoms with Gasteiger partial charge in [0.05, 0.1) is 6.61 Å². The largest absolute Gasteiger partial charge is 0.494 e. The van der Waals surface area contributed by atoms with Crippen molar-refractivity contribution in [1.29, 1.82) is 0 Å². The van der Waals surface area contributed by atoms with Crippen LogP contribution in [0.15, 0.2) is 72.8 Å². The molecule has 0 aliphatic heterocycles. The monoisotopic (exact) mass is 433 g/mol. The number of carbonyl (C=O) groups excluding carboxylic acids is 2. The number of amides is 1. The third-order valence-electron chi connectivity index (χ3n) is 4.57. The minimum Gasteiger partial charge on any atom is -0.494 e. The third-order valence-corrected chi connectivity index (χ3v) is 4.57. The summed E-state index contributed by atoms with van der Waals surface area (Å²) in [5, 5.41) is 2.80. The molecule has 0 radical (unpaired) electrons. The first-order valence-corrected chi connectivity index (χ1v) is 10.5. The van der Waals surface area contributed by atoms with Gasteiger partial charge in [0.25, 0.3) is 5.91 Å². The topological polar surface area (TPSA) is 73.9 Å². The Bertz CT molecular complexity index is 1010.